The molecule has 6 rings (SSSR count). The smallest absolute Gasteiger partial charge is 0.0579 e. The van der Waals surface area contributed by atoms with E-state index in [-0.39, 0.29) is 30.2 Å². The van der Waals surface area contributed by atoms with E-state index in [0.29, 0.717) is 0 Å². The molecule has 0 amide bonds. The van der Waals surface area contributed by atoms with Gasteiger partial charge in [0.2, 0.25) is 0 Å². The van der Waals surface area contributed by atoms with Crippen LogP contribution in [0.5, 0.6) is 0 Å². The maximum atomic E-state index is 2.35. The Hall–Kier alpha value is -1.96. The molecule has 0 heterocycles. The van der Waals surface area contributed by atoms with Crippen LogP contribution < -0.4 is 30.0 Å². The zero-order valence-corrected chi connectivity index (χ0v) is 24.3. The number of hydrogen-bond donors (Lipinski definition) is 0. The van der Waals surface area contributed by atoms with Crippen LogP contribution in [0.3, 0.4) is 0 Å². The van der Waals surface area contributed by atoms with Crippen molar-refractivity contribution in [1.29, 1.82) is 0 Å². The van der Waals surface area contributed by atoms with Crippen molar-refractivity contribution in [2.75, 3.05) is 0 Å². The molecule has 6 aromatic carbocycles. The molecule has 0 aliphatic heterocycles. The van der Waals surface area contributed by atoms with Gasteiger partial charge in [0.25, 0.3) is 0 Å². The van der Waals surface area contributed by atoms with E-state index in [9.17, 15) is 0 Å². The van der Waals surface area contributed by atoms with Crippen molar-refractivity contribution in [3.8, 4) is 0 Å². The van der Waals surface area contributed by atoms with Crippen LogP contribution >= 0.6 is 0 Å². The van der Waals surface area contributed by atoms with E-state index >= 15 is 0 Å². The van der Waals surface area contributed by atoms with Gasteiger partial charge in [0.15, 0.2) is 0 Å². The third-order valence-corrected chi connectivity index (χ3v) is 8.82. The molecule has 0 spiro atoms. The molecule has 0 atom stereocenters. The minimum absolute atomic E-state index is 0. The first-order chi connectivity index (χ1) is 15.6. The Bertz CT molecular complexity index is 1380. The van der Waals surface area contributed by atoms with E-state index < -0.39 is 0 Å². The van der Waals surface area contributed by atoms with E-state index in [2.05, 4.69) is 135 Å². The average molecular weight is 577 g/mol. The summed E-state index contributed by atoms with van der Waals surface area (Å²) >= 11 is 1.69. The second-order valence-electron chi connectivity index (χ2n) is 7.97. The van der Waals surface area contributed by atoms with Crippen LogP contribution in [0.2, 0.25) is 6.55 Å². The van der Waals surface area contributed by atoms with Gasteiger partial charge in [-0.15, -0.1) is 80.3 Å². The van der Waals surface area contributed by atoms with Gasteiger partial charge in [-0.2, -0.15) is 6.07 Å². The molecule has 0 saturated carbocycles. The predicted molar refractivity (Wildman–Crippen MR) is 139 cm³/mol. The fraction of sp³-hybridized carbons (Fsp3) is 0.0667. The molecular weight excluding hydrogens is 551 g/mol. The summed E-state index contributed by atoms with van der Waals surface area (Å²) in [4.78, 5) is 0. The van der Waals surface area contributed by atoms with Gasteiger partial charge in [-0.05, 0) is 0 Å². The second-order valence-corrected chi connectivity index (χ2v) is 15.3. The van der Waals surface area contributed by atoms with Crippen LogP contribution in [0.4, 0.5) is 0 Å². The number of fused-ring (bicyclic) bond motifs is 4. The van der Waals surface area contributed by atoms with E-state index in [4.69, 9.17) is 0 Å². The molecular formula is C30H26Cl2SiZr-2. The Morgan fingerprint density at radius 3 is 1.56 bits per heavy atom. The van der Waals surface area contributed by atoms with Gasteiger partial charge in [0, 0.05) is 0 Å². The molecule has 34 heavy (non-hydrogen) atoms. The molecule has 0 aliphatic rings. The van der Waals surface area contributed by atoms with Gasteiger partial charge in [-0.25, -0.2) is 0 Å². The Labute approximate surface area is 229 Å². The van der Waals surface area contributed by atoms with Crippen molar-refractivity contribution in [1.82, 2.24) is 0 Å². The van der Waals surface area contributed by atoms with Gasteiger partial charge >= 0.3 is 70.8 Å². The van der Waals surface area contributed by atoms with E-state index in [1.54, 1.807) is 28.5 Å². The quantitative estimate of drug-likeness (QED) is 0.206. The first-order valence-electron chi connectivity index (χ1n) is 10.9. The van der Waals surface area contributed by atoms with Gasteiger partial charge in [-0.1, -0.05) is 49.4 Å². The maximum Gasteiger partial charge on any atom is -0.0579 e. The molecule has 0 N–H and O–H groups in total. The Balaban J connectivity index is 0.000000179. The number of halogens is 2. The summed E-state index contributed by atoms with van der Waals surface area (Å²) < 4.78 is 0. The van der Waals surface area contributed by atoms with Crippen molar-refractivity contribution in [3.05, 3.63) is 127 Å². The van der Waals surface area contributed by atoms with Crippen LogP contribution in [-0.2, 0) is 23.3 Å². The summed E-state index contributed by atoms with van der Waals surface area (Å²) in [6.07, 6.45) is 0. The van der Waals surface area contributed by atoms with Crippen LogP contribution in [-0.4, -0.2) is 5.43 Å². The zero-order chi connectivity index (χ0) is 22.3. The first kappa shape index (κ1) is 28.3. The fourth-order valence-corrected chi connectivity index (χ4v) is 5.82. The van der Waals surface area contributed by atoms with Gasteiger partial charge < -0.3 is 24.8 Å². The van der Waals surface area contributed by atoms with Crippen LogP contribution in [0.15, 0.2) is 121 Å². The molecule has 0 aromatic heterocycles. The minimum Gasteiger partial charge on any atom is -1.00 e. The van der Waals surface area contributed by atoms with Gasteiger partial charge in [0.05, 0.1) is 0 Å². The minimum atomic E-state index is -0.122. The first-order valence-corrected chi connectivity index (χ1v) is 16.6. The number of hydrogen-bond acceptors (Lipinski definition) is 0. The van der Waals surface area contributed by atoms with E-state index in [1.165, 1.54) is 37.9 Å². The summed E-state index contributed by atoms with van der Waals surface area (Å²) in [5, 5.41) is 9.64. The summed E-state index contributed by atoms with van der Waals surface area (Å²) in [5.74, 6) is 0. The summed E-state index contributed by atoms with van der Waals surface area (Å²) in [5.41, 5.74) is 1.23. The molecule has 0 aliphatic carbocycles. The summed E-state index contributed by atoms with van der Waals surface area (Å²) in [6, 6.07) is 42.9. The van der Waals surface area contributed by atoms with Gasteiger partial charge in [-0.3, -0.25) is 0 Å². The Morgan fingerprint density at radius 2 is 1.06 bits per heavy atom. The molecule has 0 nitrogen and oxygen atoms in total. The summed E-state index contributed by atoms with van der Waals surface area (Å²) in [6.45, 7) is 4.47. The normalized spacial score (nSPS) is 9.76. The maximum absolute atomic E-state index is 2.35. The Morgan fingerprint density at radius 1 is 0.588 bits per heavy atom. The number of aryl methyl sites for hydroxylation is 1. The zero-order valence-electron chi connectivity index (χ0n) is 19.3. The summed E-state index contributed by atoms with van der Waals surface area (Å²) in [7, 11) is 0. The second kappa shape index (κ2) is 13.8. The monoisotopic (exact) mass is 574 g/mol. The Kier molecular flexibility index (Phi) is 11.5. The third-order valence-electron chi connectivity index (χ3n) is 5.49. The standard InChI is InChI=1S/C13H9.C10H9.C7H8Si.2ClH.Zr/c1-3-7-12-10(5-1)9-11-6-2-4-8-13(11)12;1-8-6-9-4-2-3-5-10(9)7-8;1-8-7-5-3-2-4-6-7;;;/h1-9H;2-7H,1H3;2-6H,1H3;2*1H;/q2*-1;;;;+2/p-2. The van der Waals surface area contributed by atoms with Crippen molar-refractivity contribution < 1.29 is 48.1 Å². The molecule has 6 aromatic rings. The topological polar surface area (TPSA) is 0 Å². The average Bonchev–Trinajstić information content (AvgIpc) is 3.40. The van der Waals surface area contributed by atoms with Crippen LogP contribution in [0.1, 0.15) is 5.56 Å². The van der Waals surface area contributed by atoms with Crippen molar-refractivity contribution in [3.63, 3.8) is 0 Å². The fourth-order valence-electron chi connectivity index (χ4n) is 3.90. The van der Waals surface area contributed by atoms with Crippen molar-refractivity contribution >= 4 is 42.9 Å². The molecule has 0 bridgehead atoms. The number of rotatable bonds is 1. The van der Waals surface area contributed by atoms with E-state index in [1.807, 2.05) is 0 Å². The van der Waals surface area contributed by atoms with Gasteiger partial charge in [0.1, 0.15) is 0 Å². The van der Waals surface area contributed by atoms with Crippen molar-refractivity contribution in [2.24, 2.45) is 0 Å². The largest absolute Gasteiger partial charge is 1.00 e. The van der Waals surface area contributed by atoms with Crippen LogP contribution in [0, 0.1) is 6.92 Å². The third kappa shape index (κ3) is 7.27. The molecule has 170 valence electrons. The molecule has 0 unspecified atom stereocenters. The SMILES string of the molecule is C[Si](=[Zr+2])c1ccccc1.Cc1cc2ccccc2[cH-]1.[Cl-].[Cl-].c1ccc2c(c1)[cH-]c1ccccc12. The predicted octanol–water partition coefficient (Wildman–Crippen LogP) is 1.65. The molecule has 4 heteroatoms. The van der Waals surface area contributed by atoms with E-state index in [0.717, 1.165) is 0 Å². The molecule has 0 saturated heterocycles. The van der Waals surface area contributed by atoms with Crippen LogP contribution in [0.25, 0.3) is 32.3 Å². The van der Waals surface area contributed by atoms with Crippen molar-refractivity contribution in [2.45, 2.75) is 13.5 Å². The molecule has 0 radical (unpaired) electrons. The number of benzene rings is 4. The molecule has 0 fully saturated rings.